The maximum Gasteiger partial charge on any atom is 0.422 e. The molecule has 10 nitrogen and oxygen atoms in total. The van der Waals surface area contributed by atoms with Crippen molar-refractivity contribution in [2.24, 2.45) is 0 Å². The largest absolute Gasteiger partial charge is 0.454 e. The standard InChI is InChI=1S/C24H24F4N6O4S/c1-39(36,37)34-11-9-33(10-12-34)21(35)18-4-2-3-17(13-18)20-30-22(29-14-16-5-7-19(25)8-6-16)32-23(31-20)38-15-24(26,27)28/h2-8,13H,9-12,14-15H2,1H3,(H,29,30,31,32). The molecule has 0 unspecified atom stereocenters. The lowest BCUT2D eigenvalue weighted by molar-refractivity contribution is -0.154. The number of ether oxygens (including phenoxy) is 1. The zero-order valence-corrected chi connectivity index (χ0v) is 21.5. The minimum Gasteiger partial charge on any atom is -0.454 e. The molecular formula is C24H24F4N6O4S. The van der Waals surface area contributed by atoms with Crippen molar-refractivity contribution >= 4 is 21.9 Å². The Morgan fingerprint density at radius 3 is 2.36 bits per heavy atom. The van der Waals surface area contributed by atoms with Crippen LogP contribution in [0.3, 0.4) is 0 Å². The van der Waals surface area contributed by atoms with Crippen molar-refractivity contribution in [3.8, 4) is 17.4 Å². The number of nitrogens with zero attached hydrogens (tertiary/aromatic N) is 5. The van der Waals surface area contributed by atoms with E-state index >= 15 is 0 Å². The molecule has 1 N–H and O–H groups in total. The normalized spacial score (nSPS) is 14.7. The second-order valence-corrected chi connectivity index (χ2v) is 10.7. The molecule has 0 aliphatic carbocycles. The van der Waals surface area contributed by atoms with E-state index in [0.29, 0.717) is 11.1 Å². The van der Waals surface area contributed by atoms with Crippen molar-refractivity contribution in [1.29, 1.82) is 0 Å². The van der Waals surface area contributed by atoms with Gasteiger partial charge in [-0.25, -0.2) is 12.8 Å². The highest BCUT2D eigenvalue weighted by molar-refractivity contribution is 7.88. The molecule has 39 heavy (non-hydrogen) atoms. The van der Waals surface area contributed by atoms with E-state index in [4.69, 9.17) is 4.74 Å². The molecule has 2 heterocycles. The molecule has 1 aliphatic rings. The first-order chi connectivity index (χ1) is 18.4. The zero-order chi connectivity index (χ0) is 28.2. The van der Waals surface area contributed by atoms with Gasteiger partial charge in [0.2, 0.25) is 16.0 Å². The van der Waals surface area contributed by atoms with Gasteiger partial charge < -0.3 is 15.0 Å². The number of nitrogens with one attached hydrogen (secondary N) is 1. The Hall–Kier alpha value is -3.85. The van der Waals surface area contributed by atoms with Gasteiger partial charge in [-0.15, -0.1) is 0 Å². The fourth-order valence-electron chi connectivity index (χ4n) is 3.76. The molecule has 1 amide bonds. The number of amides is 1. The first-order valence-corrected chi connectivity index (χ1v) is 13.5. The van der Waals surface area contributed by atoms with E-state index in [-0.39, 0.29) is 56.0 Å². The van der Waals surface area contributed by atoms with Crippen LogP contribution in [0.5, 0.6) is 6.01 Å². The fraction of sp³-hybridized carbons (Fsp3) is 0.333. The summed E-state index contributed by atoms with van der Waals surface area (Å²) in [6.45, 7) is -0.739. The van der Waals surface area contributed by atoms with Crippen molar-refractivity contribution in [2.45, 2.75) is 12.7 Å². The topological polar surface area (TPSA) is 118 Å². The predicted molar refractivity (Wildman–Crippen MR) is 133 cm³/mol. The number of aromatic nitrogens is 3. The number of piperazine rings is 1. The van der Waals surface area contributed by atoms with Crippen LogP contribution in [0.1, 0.15) is 15.9 Å². The Morgan fingerprint density at radius 1 is 1.03 bits per heavy atom. The van der Waals surface area contributed by atoms with Crippen molar-refractivity contribution in [1.82, 2.24) is 24.2 Å². The van der Waals surface area contributed by atoms with Crippen LogP contribution in [0.25, 0.3) is 11.4 Å². The van der Waals surface area contributed by atoms with Gasteiger partial charge in [0.05, 0.1) is 6.26 Å². The molecule has 1 fully saturated rings. The van der Waals surface area contributed by atoms with E-state index in [9.17, 15) is 30.8 Å². The second-order valence-electron chi connectivity index (χ2n) is 8.68. The SMILES string of the molecule is CS(=O)(=O)N1CCN(C(=O)c2cccc(-c3nc(NCc4ccc(F)cc4)nc(OCC(F)(F)F)n3)c2)CC1. The number of sulfonamides is 1. The molecule has 2 aromatic carbocycles. The Kier molecular flexibility index (Phi) is 8.30. The third-order valence-corrected chi connectivity index (χ3v) is 7.01. The highest BCUT2D eigenvalue weighted by Gasteiger charge is 2.30. The highest BCUT2D eigenvalue weighted by Crippen LogP contribution is 2.23. The van der Waals surface area contributed by atoms with Gasteiger partial charge >= 0.3 is 12.2 Å². The molecule has 3 aromatic rings. The van der Waals surface area contributed by atoms with Crippen LogP contribution in [0.4, 0.5) is 23.5 Å². The van der Waals surface area contributed by atoms with Crippen molar-refractivity contribution in [2.75, 3.05) is 44.4 Å². The lowest BCUT2D eigenvalue weighted by atomic mass is 10.1. The Morgan fingerprint density at radius 2 is 1.72 bits per heavy atom. The number of halogens is 4. The van der Waals surface area contributed by atoms with Gasteiger partial charge in [0.1, 0.15) is 5.82 Å². The summed E-state index contributed by atoms with van der Waals surface area (Å²) in [5.74, 6) is -0.895. The highest BCUT2D eigenvalue weighted by atomic mass is 32.2. The van der Waals surface area contributed by atoms with Crippen LogP contribution < -0.4 is 10.1 Å². The quantitative estimate of drug-likeness (QED) is 0.413. The van der Waals surface area contributed by atoms with Crippen molar-refractivity contribution in [3.05, 3.63) is 65.5 Å². The van der Waals surface area contributed by atoms with Gasteiger partial charge in [-0.1, -0.05) is 24.3 Å². The summed E-state index contributed by atoms with van der Waals surface area (Å²) >= 11 is 0. The lowest BCUT2D eigenvalue weighted by Gasteiger charge is -2.33. The van der Waals surface area contributed by atoms with Crippen LogP contribution in [-0.2, 0) is 16.6 Å². The molecule has 0 atom stereocenters. The van der Waals surface area contributed by atoms with E-state index in [1.807, 2.05) is 0 Å². The Bertz CT molecular complexity index is 1430. The number of hydrogen-bond acceptors (Lipinski definition) is 8. The molecule has 0 radical (unpaired) electrons. The molecule has 15 heteroatoms. The van der Waals surface area contributed by atoms with Crippen LogP contribution in [0.15, 0.2) is 48.5 Å². The summed E-state index contributed by atoms with van der Waals surface area (Å²) in [6, 6.07) is 11.2. The Labute approximate surface area is 221 Å². The van der Waals surface area contributed by atoms with Gasteiger partial charge in [-0.05, 0) is 29.8 Å². The minimum absolute atomic E-state index is 0.0414. The summed E-state index contributed by atoms with van der Waals surface area (Å²) in [5.41, 5.74) is 1.25. The molecule has 208 valence electrons. The summed E-state index contributed by atoms with van der Waals surface area (Å²) in [6.07, 6.45) is -3.51. The minimum atomic E-state index is -4.62. The number of rotatable bonds is 8. The first kappa shape index (κ1) is 28.2. The van der Waals surface area contributed by atoms with Gasteiger partial charge in [0.25, 0.3) is 5.91 Å². The molecule has 4 rings (SSSR count). The van der Waals surface area contributed by atoms with Crippen LogP contribution in [0.2, 0.25) is 0 Å². The van der Waals surface area contributed by atoms with E-state index in [1.165, 1.54) is 39.5 Å². The van der Waals surface area contributed by atoms with Crippen LogP contribution >= 0.6 is 0 Å². The van der Waals surface area contributed by atoms with E-state index in [0.717, 1.165) is 6.26 Å². The Balaban J connectivity index is 1.56. The zero-order valence-electron chi connectivity index (χ0n) is 20.7. The van der Waals surface area contributed by atoms with Gasteiger partial charge in [0, 0.05) is 43.9 Å². The van der Waals surface area contributed by atoms with Gasteiger partial charge in [-0.2, -0.15) is 32.4 Å². The molecule has 0 bridgehead atoms. The number of alkyl halides is 3. The molecule has 0 spiro atoms. The van der Waals surface area contributed by atoms with Gasteiger partial charge in [-0.3, -0.25) is 4.79 Å². The number of carbonyl (C=O) groups is 1. The number of benzene rings is 2. The van der Waals surface area contributed by atoms with Crippen molar-refractivity contribution in [3.63, 3.8) is 0 Å². The summed E-state index contributed by atoms with van der Waals surface area (Å²) < 4.78 is 81.0. The number of anilines is 1. The fourth-order valence-corrected chi connectivity index (χ4v) is 4.58. The monoisotopic (exact) mass is 568 g/mol. The van der Waals surface area contributed by atoms with Gasteiger partial charge in [0.15, 0.2) is 12.4 Å². The first-order valence-electron chi connectivity index (χ1n) is 11.7. The average molecular weight is 569 g/mol. The molecule has 1 aromatic heterocycles. The number of carbonyl (C=O) groups excluding carboxylic acids is 1. The maximum absolute atomic E-state index is 13.2. The van der Waals surface area contributed by atoms with E-state index < -0.39 is 34.6 Å². The predicted octanol–water partition coefficient (Wildman–Crippen LogP) is 2.95. The lowest BCUT2D eigenvalue weighted by Crippen LogP contribution is -2.50. The van der Waals surface area contributed by atoms with Crippen LogP contribution in [-0.4, -0.2) is 83.7 Å². The summed E-state index contributed by atoms with van der Waals surface area (Å²) in [4.78, 5) is 26.7. The molecule has 1 saturated heterocycles. The smallest absolute Gasteiger partial charge is 0.422 e. The molecular weight excluding hydrogens is 544 g/mol. The third kappa shape index (κ3) is 7.83. The molecule has 0 saturated carbocycles. The maximum atomic E-state index is 13.2. The third-order valence-electron chi connectivity index (χ3n) is 5.71. The summed E-state index contributed by atoms with van der Waals surface area (Å²) in [7, 11) is -3.36. The average Bonchev–Trinajstić information content (AvgIpc) is 2.90. The van der Waals surface area contributed by atoms with Crippen molar-refractivity contribution < 1.29 is 35.5 Å². The van der Waals surface area contributed by atoms with Crippen LogP contribution in [0, 0.1) is 5.82 Å². The molecule has 1 aliphatic heterocycles. The second kappa shape index (κ2) is 11.5. The van der Waals surface area contributed by atoms with E-state index in [1.54, 1.807) is 18.2 Å². The number of hydrogen-bond donors (Lipinski definition) is 1. The summed E-state index contributed by atoms with van der Waals surface area (Å²) in [5, 5.41) is 2.86. The van der Waals surface area contributed by atoms with E-state index in [2.05, 4.69) is 20.3 Å².